The zero-order valence-corrected chi connectivity index (χ0v) is 15.2. The Morgan fingerprint density at radius 3 is 2.84 bits per heavy atom. The Labute approximate surface area is 156 Å². The summed E-state index contributed by atoms with van der Waals surface area (Å²) in [5.41, 5.74) is 2.31. The van der Waals surface area contributed by atoms with Crippen LogP contribution in [0.3, 0.4) is 0 Å². The van der Waals surface area contributed by atoms with Crippen LogP contribution in [0, 0.1) is 5.92 Å². The lowest BCUT2D eigenvalue weighted by Crippen LogP contribution is -2.30. The van der Waals surface area contributed by atoms with Gasteiger partial charge in [-0.25, -0.2) is 4.68 Å². The summed E-state index contributed by atoms with van der Waals surface area (Å²) in [5.74, 6) is 0.670. The maximum absolute atomic E-state index is 12.7. The highest BCUT2D eigenvalue weighted by atomic mass is 35.5. The van der Waals surface area contributed by atoms with Gasteiger partial charge in [0, 0.05) is 30.0 Å². The maximum Gasteiger partial charge on any atom is 0.254 e. The number of carbonyl (C=O) groups is 1. The highest BCUT2D eigenvalue weighted by Crippen LogP contribution is 2.43. The van der Waals surface area contributed by atoms with Crippen molar-refractivity contribution in [2.75, 3.05) is 19.8 Å². The largest absolute Gasteiger partial charge is 0.381 e. The molecule has 1 saturated carbocycles. The number of ether oxygens (including phenoxy) is 1. The summed E-state index contributed by atoms with van der Waals surface area (Å²) in [6, 6.07) is 5.30. The molecule has 1 atom stereocenters. The highest BCUT2D eigenvalue weighted by molar-refractivity contribution is 6.35. The second kappa shape index (κ2) is 6.98. The van der Waals surface area contributed by atoms with E-state index in [1.165, 1.54) is 0 Å². The standard InChI is InChI=1S/C18H19Cl2N3O2/c19-13-3-4-16(15(20)7-13)23-17(12-1-2-12)14(9-22-23)18(24)21-8-11-5-6-25-10-11/h3-4,7,9,11-12H,1-2,5-6,8,10H2,(H,21,24)/t11-/m1/s1. The molecule has 2 aliphatic rings. The Kier molecular flexibility index (Phi) is 4.71. The molecule has 1 aromatic carbocycles. The number of rotatable bonds is 5. The van der Waals surface area contributed by atoms with Crippen LogP contribution in [-0.4, -0.2) is 35.4 Å². The number of benzene rings is 1. The predicted octanol–water partition coefficient (Wildman–Crippen LogP) is 3.82. The minimum absolute atomic E-state index is 0.0786. The van der Waals surface area contributed by atoms with E-state index in [-0.39, 0.29) is 5.91 Å². The van der Waals surface area contributed by atoms with Gasteiger partial charge >= 0.3 is 0 Å². The molecule has 1 saturated heterocycles. The van der Waals surface area contributed by atoms with Crippen molar-refractivity contribution in [2.45, 2.75) is 25.2 Å². The third-order valence-electron chi connectivity index (χ3n) is 4.73. The maximum atomic E-state index is 12.7. The fourth-order valence-electron chi connectivity index (χ4n) is 3.20. The predicted molar refractivity (Wildman–Crippen MR) is 96.8 cm³/mol. The molecular weight excluding hydrogens is 361 g/mol. The molecule has 0 radical (unpaired) electrons. The highest BCUT2D eigenvalue weighted by Gasteiger charge is 2.33. The zero-order valence-electron chi connectivity index (χ0n) is 13.7. The second-order valence-corrected chi connectivity index (χ2v) is 7.51. The van der Waals surface area contributed by atoms with Crippen molar-refractivity contribution < 1.29 is 9.53 Å². The fraction of sp³-hybridized carbons (Fsp3) is 0.444. The van der Waals surface area contributed by atoms with Crippen molar-refractivity contribution in [1.29, 1.82) is 0 Å². The van der Waals surface area contributed by atoms with E-state index < -0.39 is 0 Å². The Bertz CT molecular complexity index is 796. The third-order valence-corrected chi connectivity index (χ3v) is 5.27. The third kappa shape index (κ3) is 3.54. The number of hydrogen-bond donors (Lipinski definition) is 1. The number of halogens is 2. The molecule has 25 heavy (non-hydrogen) atoms. The number of carbonyl (C=O) groups excluding carboxylic acids is 1. The molecule has 2 aromatic rings. The molecule has 7 heteroatoms. The minimum atomic E-state index is -0.0786. The Hall–Kier alpha value is -1.56. The summed E-state index contributed by atoms with van der Waals surface area (Å²) in [7, 11) is 0. The molecule has 1 aliphatic carbocycles. The van der Waals surface area contributed by atoms with Crippen LogP contribution in [0.5, 0.6) is 0 Å². The van der Waals surface area contributed by atoms with Crippen molar-refractivity contribution in [1.82, 2.24) is 15.1 Å². The van der Waals surface area contributed by atoms with Gasteiger partial charge in [-0.15, -0.1) is 0 Å². The van der Waals surface area contributed by atoms with Crippen LogP contribution in [0.25, 0.3) is 5.69 Å². The molecule has 132 valence electrons. The molecule has 1 N–H and O–H groups in total. The van der Waals surface area contributed by atoms with E-state index in [1.807, 2.05) is 6.07 Å². The van der Waals surface area contributed by atoms with E-state index in [4.69, 9.17) is 27.9 Å². The molecule has 4 rings (SSSR count). The lowest BCUT2D eigenvalue weighted by molar-refractivity contribution is 0.0944. The van der Waals surface area contributed by atoms with Gasteiger partial charge in [-0.05, 0) is 37.5 Å². The number of aromatic nitrogens is 2. The van der Waals surface area contributed by atoms with Crippen LogP contribution in [0.15, 0.2) is 24.4 Å². The Morgan fingerprint density at radius 2 is 2.16 bits per heavy atom. The molecule has 0 spiro atoms. The molecular formula is C18H19Cl2N3O2. The van der Waals surface area contributed by atoms with Crippen molar-refractivity contribution in [3.05, 3.63) is 45.7 Å². The van der Waals surface area contributed by atoms with Gasteiger partial charge < -0.3 is 10.1 Å². The van der Waals surface area contributed by atoms with Crippen molar-refractivity contribution in [3.63, 3.8) is 0 Å². The number of nitrogens with zero attached hydrogens (tertiary/aromatic N) is 2. The summed E-state index contributed by atoms with van der Waals surface area (Å²) < 4.78 is 7.14. The summed E-state index contributed by atoms with van der Waals surface area (Å²) in [5, 5.41) is 8.56. The topological polar surface area (TPSA) is 56.1 Å². The molecule has 1 amide bonds. The first-order chi connectivity index (χ1) is 12.1. The van der Waals surface area contributed by atoms with Gasteiger partial charge in [0.05, 0.1) is 34.8 Å². The first-order valence-electron chi connectivity index (χ1n) is 8.53. The SMILES string of the molecule is O=C(NC[C@H]1CCOC1)c1cnn(-c2ccc(Cl)cc2Cl)c1C1CC1. The summed E-state index contributed by atoms with van der Waals surface area (Å²) in [4.78, 5) is 12.7. The van der Waals surface area contributed by atoms with Gasteiger partial charge in [0.15, 0.2) is 0 Å². The smallest absolute Gasteiger partial charge is 0.254 e. The van der Waals surface area contributed by atoms with Crippen LogP contribution in [0.2, 0.25) is 10.0 Å². The molecule has 0 bridgehead atoms. The van der Waals surface area contributed by atoms with Crippen LogP contribution in [-0.2, 0) is 4.74 Å². The van der Waals surface area contributed by atoms with E-state index >= 15 is 0 Å². The van der Waals surface area contributed by atoms with E-state index in [0.717, 1.165) is 43.9 Å². The number of hydrogen-bond acceptors (Lipinski definition) is 3. The summed E-state index contributed by atoms with van der Waals surface area (Å²) in [6.07, 6.45) is 4.76. The first-order valence-corrected chi connectivity index (χ1v) is 9.28. The van der Waals surface area contributed by atoms with Crippen LogP contribution in [0.1, 0.15) is 41.2 Å². The van der Waals surface area contributed by atoms with Crippen molar-refractivity contribution >= 4 is 29.1 Å². The fourth-order valence-corrected chi connectivity index (χ4v) is 3.69. The average Bonchev–Trinajstić information content (AvgIpc) is 3.12. The second-order valence-electron chi connectivity index (χ2n) is 6.66. The Morgan fingerprint density at radius 1 is 1.32 bits per heavy atom. The molecule has 2 fully saturated rings. The summed E-state index contributed by atoms with van der Waals surface area (Å²) >= 11 is 12.3. The molecule has 2 heterocycles. The average molecular weight is 380 g/mol. The van der Waals surface area contributed by atoms with Crippen LogP contribution < -0.4 is 5.32 Å². The lowest BCUT2D eigenvalue weighted by atomic mass is 10.1. The Balaban J connectivity index is 1.60. The summed E-state index contributed by atoms with van der Waals surface area (Å²) in [6.45, 7) is 2.13. The normalized spacial score (nSPS) is 20.0. The zero-order chi connectivity index (χ0) is 17.4. The molecule has 0 unspecified atom stereocenters. The number of nitrogens with one attached hydrogen (secondary N) is 1. The van der Waals surface area contributed by atoms with Crippen LogP contribution in [0.4, 0.5) is 0 Å². The van der Waals surface area contributed by atoms with Crippen LogP contribution >= 0.6 is 23.2 Å². The van der Waals surface area contributed by atoms with Gasteiger partial charge in [0.1, 0.15) is 0 Å². The van der Waals surface area contributed by atoms with Gasteiger partial charge in [-0.3, -0.25) is 4.79 Å². The van der Waals surface area contributed by atoms with E-state index in [2.05, 4.69) is 10.4 Å². The lowest BCUT2D eigenvalue weighted by Gasteiger charge is -2.12. The van der Waals surface area contributed by atoms with Crippen molar-refractivity contribution in [3.8, 4) is 5.69 Å². The quantitative estimate of drug-likeness (QED) is 0.858. The molecule has 1 aromatic heterocycles. The molecule has 5 nitrogen and oxygen atoms in total. The van der Waals surface area contributed by atoms with Gasteiger partial charge in [-0.1, -0.05) is 23.2 Å². The van der Waals surface area contributed by atoms with E-state index in [9.17, 15) is 4.79 Å². The minimum Gasteiger partial charge on any atom is -0.381 e. The van der Waals surface area contributed by atoms with Gasteiger partial charge in [0.2, 0.25) is 0 Å². The van der Waals surface area contributed by atoms with Crippen molar-refractivity contribution in [2.24, 2.45) is 5.92 Å². The number of amides is 1. The van der Waals surface area contributed by atoms with E-state index in [1.54, 1.807) is 23.0 Å². The first kappa shape index (κ1) is 16.9. The molecule has 1 aliphatic heterocycles. The van der Waals surface area contributed by atoms with E-state index in [0.29, 0.717) is 34.0 Å². The van der Waals surface area contributed by atoms with Gasteiger partial charge in [0.25, 0.3) is 5.91 Å². The van der Waals surface area contributed by atoms with Gasteiger partial charge in [-0.2, -0.15) is 5.10 Å². The monoisotopic (exact) mass is 379 g/mol.